The molecule has 0 saturated carbocycles. The number of carbonyl (C=O) groups excluding carboxylic acids is 2. The lowest BCUT2D eigenvalue weighted by atomic mass is 10.0. The van der Waals surface area contributed by atoms with E-state index in [0.717, 1.165) is 32.7 Å². The van der Waals surface area contributed by atoms with Crippen LogP contribution in [0.25, 0.3) is 0 Å². The summed E-state index contributed by atoms with van der Waals surface area (Å²) in [4.78, 5) is 28.3. The number of benzene rings is 2. The molecule has 6 heteroatoms. The Hall–Kier alpha value is -2.96. The largest absolute Gasteiger partial charge is 0.484 e. The quantitative estimate of drug-likeness (QED) is 0.596. The van der Waals surface area contributed by atoms with Crippen molar-refractivity contribution in [2.45, 2.75) is 6.54 Å². The highest BCUT2D eigenvalue weighted by atomic mass is 32.1. The molecule has 2 heterocycles. The van der Waals surface area contributed by atoms with Crippen molar-refractivity contribution in [3.05, 3.63) is 88.1 Å². The number of hydrogen-bond acceptors (Lipinski definition) is 4. The maximum absolute atomic E-state index is 12.5. The van der Waals surface area contributed by atoms with E-state index >= 15 is 0 Å². The molecule has 1 fully saturated rings. The van der Waals surface area contributed by atoms with Gasteiger partial charge in [0.15, 0.2) is 12.4 Å². The van der Waals surface area contributed by atoms with Gasteiger partial charge in [-0.2, -0.15) is 11.3 Å². The summed E-state index contributed by atoms with van der Waals surface area (Å²) < 4.78 is 5.67. The smallest absolute Gasteiger partial charge is 0.260 e. The van der Waals surface area contributed by atoms with E-state index in [1.807, 2.05) is 23.1 Å². The number of amides is 1. The predicted molar refractivity (Wildman–Crippen MR) is 117 cm³/mol. The first-order valence-corrected chi connectivity index (χ1v) is 11.1. The zero-order chi connectivity index (χ0) is 20.8. The van der Waals surface area contributed by atoms with Crippen LogP contribution in [0.5, 0.6) is 5.75 Å². The lowest BCUT2D eigenvalue weighted by Crippen LogP contribution is -3.13. The standard InChI is InChI=1S/C24H24N2O3S/c27-23(26-13-11-25(12-14-26)16-19-10-15-30-18-19)17-29-22-8-6-21(7-9-22)24(28)20-4-2-1-3-5-20/h1-10,15,18H,11-14,16-17H2/p+1. The number of thiophene rings is 1. The fourth-order valence-corrected chi connectivity index (χ4v) is 4.29. The Bertz CT molecular complexity index is 963. The monoisotopic (exact) mass is 421 g/mol. The highest BCUT2D eigenvalue weighted by molar-refractivity contribution is 7.07. The van der Waals surface area contributed by atoms with Gasteiger partial charge in [-0.05, 0) is 41.1 Å². The maximum Gasteiger partial charge on any atom is 0.260 e. The fourth-order valence-electron chi connectivity index (χ4n) is 3.63. The van der Waals surface area contributed by atoms with Crippen molar-refractivity contribution < 1.29 is 19.2 Å². The Morgan fingerprint density at radius 1 is 0.933 bits per heavy atom. The van der Waals surface area contributed by atoms with Gasteiger partial charge in [0.2, 0.25) is 0 Å². The Morgan fingerprint density at radius 3 is 2.30 bits per heavy atom. The SMILES string of the molecule is O=C(c1ccccc1)c1ccc(OCC(=O)N2CC[NH+](Cc3ccsc3)CC2)cc1. The van der Waals surface area contributed by atoms with E-state index in [1.54, 1.807) is 47.7 Å². The first-order valence-electron chi connectivity index (χ1n) is 10.1. The summed E-state index contributed by atoms with van der Waals surface area (Å²) in [6.07, 6.45) is 0. The number of hydrogen-bond donors (Lipinski definition) is 1. The first kappa shape index (κ1) is 20.3. The van der Waals surface area contributed by atoms with Crippen LogP contribution in [0.3, 0.4) is 0 Å². The van der Waals surface area contributed by atoms with Gasteiger partial charge in [0.25, 0.3) is 5.91 Å². The van der Waals surface area contributed by atoms with Crippen molar-refractivity contribution in [3.8, 4) is 5.75 Å². The van der Waals surface area contributed by atoms with Crippen LogP contribution in [-0.4, -0.2) is 49.4 Å². The average Bonchev–Trinajstić information content (AvgIpc) is 3.31. The summed E-state index contributed by atoms with van der Waals surface area (Å²) in [7, 11) is 0. The van der Waals surface area contributed by atoms with Crippen molar-refractivity contribution in [2.75, 3.05) is 32.8 Å². The summed E-state index contributed by atoms with van der Waals surface area (Å²) in [6.45, 7) is 4.47. The second-order valence-corrected chi connectivity index (χ2v) is 8.23. The van der Waals surface area contributed by atoms with Crippen molar-refractivity contribution in [1.82, 2.24) is 4.90 Å². The van der Waals surface area contributed by atoms with Gasteiger partial charge >= 0.3 is 0 Å². The third-order valence-corrected chi connectivity index (χ3v) is 6.10. The molecule has 1 N–H and O–H groups in total. The maximum atomic E-state index is 12.5. The van der Waals surface area contributed by atoms with E-state index in [4.69, 9.17) is 4.74 Å². The molecular weight excluding hydrogens is 396 g/mol. The number of piperazine rings is 1. The summed E-state index contributed by atoms with van der Waals surface area (Å²) in [5, 5.41) is 4.30. The van der Waals surface area contributed by atoms with E-state index in [1.165, 1.54) is 10.5 Å². The molecule has 30 heavy (non-hydrogen) atoms. The van der Waals surface area contributed by atoms with Gasteiger partial charge in [-0.1, -0.05) is 30.3 Å². The van der Waals surface area contributed by atoms with E-state index in [0.29, 0.717) is 16.9 Å². The first-order chi connectivity index (χ1) is 14.7. The molecule has 0 unspecified atom stereocenters. The van der Waals surface area contributed by atoms with Crippen molar-refractivity contribution in [1.29, 1.82) is 0 Å². The van der Waals surface area contributed by atoms with Crippen LogP contribution in [0, 0.1) is 0 Å². The molecular formula is C24H25N2O3S+. The zero-order valence-electron chi connectivity index (χ0n) is 16.8. The molecule has 1 aromatic heterocycles. The van der Waals surface area contributed by atoms with Crippen LogP contribution >= 0.6 is 11.3 Å². The molecule has 154 valence electrons. The Kier molecular flexibility index (Phi) is 6.57. The number of ether oxygens (including phenoxy) is 1. The lowest BCUT2D eigenvalue weighted by molar-refractivity contribution is -0.917. The van der Waals surface area contributed by atoms with Gasteiger partial charge in [-0.3, -0.25) is 9.59 Å². The van der Waals surface area contributed by atoms with Crippen LogP contribution in [0.15, 0.2) is 71.4 Å². The highest BCUT2D eigenvalue weighted by Gasteiger charge is 2.24. The molecule has 1 aliphatic heterocycles. The molecule has 0 aliphatic carbocycles. The summed E-state index contributed by atoms with van der Waals surface area (Å²) in [5.41, 5.74) is 2.62. The van der Waals surface area contributed by atoms with Gasteiger partial charge in [-0.25, -0.2) is 0 Å². The summed E-state index contributed by atoms with van der Waals surface area (Å²) in [5.74, 6) is 0.574. The molecule has 2 aromatic carbocycles. The molecule has 0 spiro atoms. The Morgan fingerprint density at radius 2 is 1.63 bits per heavy atom. The molecule has 3 aromatic rings. The minimum atomic E-state index is -0.0268. The second kappa shape index (κ2) is 9.69. The van der Waals surface area contributed by atoms with E-state index < -0.39 is 0 Å². The topological polar surface area (TPSA) is 51.1 Å². The summed E-state index contributed by atoms with van der Waals surface area (Å²) in [6, 6.07) is 18.3. The molecule has 1 amide bonds. The van der Waals surface area contributed by atoms with Gasteiger partial charge in [-0.15, -0.1) is 0 Å². The Labute approximate surface area is 180 Å². The number of ketones is 1. The van der Waals surface area contributed by atoms with Crippen molar-refractivity contribution in [2.24, 2.45) is 0 Å². The van der Waals surface area contributed by atoms with Crippen LogP contribution in [0.2, 0.25) is 0 Å². The highest BCUT2D eigenvalue weighted by Crippen LogP contribution is 2.15. The fraction of sp³-hybridized carbons (Fsp3) is 0.250. The molecule has 0 atom stereocenters. The third kappa shape index (κ3) is 5.14. The number of rotatable bonds is 7. The van der Waals surface area contributed by atoms with Crippen LogP contribution in [0.4, 0.5) is 0 Å². The number of quaternary nitrogens is 1. The Balaban J connectivity index is 1.24. The molecule has 5 nitrogen and oxygen atoms in total. The van der Waals surface area contributed by atoms with Crippen LogP contribution in [0.1, 0.15) is 21.5 Å². The molecule has 4 rings (SSSR count). The molecule has 0 bridgehead atoms. The van der Waals surface area contributed by atoms with Crippen LogP contribution < -0.4 is 9.64 Å². The van der Waals surface area contributed by atoms with Crippen molar-refractivity contribution >= 4 is 23.0 Å². The van der Waals surface area contributed by atoms with Gasteiger partial charge in [0.05, 0.1) is 26.2 Å². The number of carbonyl (C=O) groups is 2. The minimum Gasteiger partial charge on any atom is -0.484 e. The molecule has 1 aliphatic rings. The second-order valence-electron chi connectivity index (χ2n) is 7.45. The zero-order valence-corrected chi connectivity index (χ0v) is 17.6. The minimum absolute atomic E-state index is 0.00835. The number of nitrogens with zero attached hydrogens (tertiary/aromatic N) is 1. The van der Waals surface area contributed by atoms with Crippen LogP contribution in [-0.2, 0) is 11.3 Å². The van der Waals surface area contributed by atoms with Gasteiger partial charge in [0, 0.05) is 16.7 Å². The lowest BCUT2D eigenvalue weighted by Gasteiger charge is -2.32. The average molecular weight is 422 g/mol. The summed E-state index contributed by atoms with van der Waals surface area (Å²) >= 11 is 1.73. The van der Waals surface area contributed by atoms with Gasteiger partial charge < -0.3 is 14.5 Å². The third-order valence-electron chi connectivity index (χ3n) is 5.37. The normalized spacial score (nSPS) is 14.5. The van der Waals surface area contributed by atoms with E-state index in [2.05, 4.69) is 16.8 Å². The van der Waals surface area contributed by atoms with E-state index in [-0.39, 0.29) is 18.3 Å². The van der Waals surface area contributed by atoms with E-state index in [9.17, 15) is 9.59 Å². The van der Waals surface area contributed by atoms with Crippen molar-refractivity contribution in [3.63, 3.8) is 0 Å². The van der Waals surface area contributed by atoms with Gasteiger partial charge in [0.1, 0.15) is 12.3 Å². The predicted octanol–water partition coefficient (Wildman–Crippen LogP) is 2.29. The molecule has 0 radical (unpaired) electrons. The molecule has 1 saturated heterocycles. The number of nitrogens with one attached hydrogen (secondary N) is 1.